The summed E-state index contributed by atoms with van der Waals surface area (Å²) in [5, 5.41) is 6.33. The molecule has 0 radical (unpaired) electrons. The first-order chi connectivity index (χ1) is 14.6. The Kier molecular flexibility index (Phi) is 5.32. The van der Waals surface area contributed by atoms with Gasteiger partial charge >= 0.3 is 0 Å². The van der Waals surface area contributed by atoms with Crippen LogP contribution in [0.15, 0.2) is 12.4 Å². The third-order valence-corrected chi connectivity index (χ3v) is 6.76. The number of carbonyl (C=O) groups excluding carboxylic acids is 2. The normalized spacial score (nSPS) is 29.3. The zero-order chi connectivity index (χ0) is 20.6. The highest BCUT2D eigenvalue weighted by atomic mass is 16.5. The first kappa shape index (κ1) is 19.7. The van der Waals surface area contributed by atoms with Crippen LogP contribution in [0.5, 0.6) is 0 Å². The number of hydrogen-bond donors (Lipinski definition) is 2. The maximum atomic E-state index is 13.0. The van der Waals surface area contributed by atoms with Crippen molar-refractivity contribution in [3.8, 4) is 0 Å². The van der Waals surface area contributed by atoms with Crippen molar-refractivity contribution in [3.63, 3.8) is 0 Å². The number of carbonyl (C=O) groups is 2. The lowest BCUT2D eigenvalue weighted by Crippen LogP contribution is -2.57. The number of ether oxygens (including phenoxy) is 1. The van der Waals surface area contributed by atoms with Gasteiger partial charge in [-0.05, 0) is 45.1 Å². The minimum atomic E-state index is -0.463. The zero-order valence-electron chi connectivity index (χ0n) is 17.3. The molecule has 3 aliphatic heterocycles. The molecular formula is C21H30N6O3. The van der Waals surface area contributed by atoms with E-state index in [2.05, 4.69) is 30.4 Å². The Balaban J connectivity index is 1.23. The molecule has 9 nitrogen and oxygen atoms in total. The van der Waals surface area contributed by atoms with Crippen LogP contribution in [-0.4, -0.2) is 83.7 Å². The maximum absolute atomic E-state index is 13.0. The molecule has 4 heterocycles. The molecule has 9 heteroatoms. The van der Waals surface area contributed by atoms with Crippen LogP contribution < -0.4 is 15.5 Å². The number of amides is 2. The van der Waals surface area contributed by atoms with Crippen molar-refractivity contribution in [3.05, 3.63) is 18.0 Å². The Bertz CT molecular complexity index is 792. The number of hydrogen-bond acceptors (Lipinski definition) is 7. The number of nitrogens with zero attached hydrogens (tertiary/aromatic N) is 4. The summed E-state index contributed by atoms with van der Waals surface area (Å²) >= 11 is 0. The Hall–Kier alpha value is -2.26. The van der Waals surface area contributed by atoms with Gasteiger partial charge in [0, 0.05) is 44.1 Å². The van der Waals surface area contributed by atoms with E-state index in [-0.39, 0.29) is 17.9 Å². The molecule has 2 amide bonds. The molecule has 1 aromatic rings. The van der Waals surface area contributed by atoms with Gasteiger partial charge in [0.1, 0.15) is 5.54 Å². The molecule has 4 fully saturated rings. The van der Waals surface area contributed by atoms with Gasteiger partial charge in [-0.15, -0.1) is 0 Å². The van der Waals surface area contributed by atoms with Gasteiger partial charge in [-0.3, -0.25) is 14.5 Å². The summed E-state index contributed by atoms with van der Waals surface area (Å²) in [6.07, 6.45) is 9.06. The van der Waals surface area contributed by atoms with Gasteiger partial charge in [-0.25, -0.2) is 9.97 Å². The van der Waals surface area contributed by atoms with Crippen LogP contribution in [0.4, 0.5) is 5.95 Å². The van der Waals surface area contributed by atoms with Gasteiger partial charge in [-0.1, -0.05) is 0 Å². The molecule has 0 aromatic carbocycles. The summed E-state index contributed by atoms with van der Waals surface area (Å²) < 4.78 is 5.35. The molecule has 1 saturated carbocycles. The SMILES string of the molecule is O=C(N[C@@H]1CN2CCCC[C@]2(C(=O)NC2CC2)C1)c1cnc(N2CCOCC2)nc1. The van der Waals surface area contributed by atoms with E-state index in [0.29, 0.717) is 37.2 Å². The van der Waals surface area contributed by atoms with Crippen LogP contribution in [0.2, 0.25) is 0 Å². The smallest absolute Gasteiger partial charge is 0.254 e. The predicted octanol–water partition coefficient (Wildman–Crippen LogP) is 0.319. The molecule has 1 aliphatic carbocycles. The third kappa shape index (κ3) is 3.88. The van der Waals surface area contributed by atoms with Crippen molar-refractivity contribution < 1.29 is 14.3 Å². The third-order valence-electron chi connectivity index (χ3n) is 6.76. The number of morpholine rings is 1. The van der Waals surface area contributed by atoms with Gasteiger partial charge in [0.2, 0.25) is 11.9 Å². The van der Waals surface area contributed by atoms with Crippen molar-refractivity contribution in [2.24, 2.45) is 0 Å². The second kappa shape index (κ2) is 8.11. The zero-order valence-corrected chi connectivity index (χ0v) is 17.3. The van der Waals surface area contributed by atoms with Crippen molar-refractivity contribution in [2.45, 2.75) is 56.1 Å². The summed E-state index contributed by atoms with van der Waals surface area (Å²) in [5.41, 5.74) is -0.0106. The molecule has 2 atom stereocenters. The summed E-state index contributed by atoms with van der Waals surface area (Å²) in [6.45, 7) is 4.49. The standard InChI is InChI=1S/C21H30N6O3/c28-18(15-12-22-20(23-13-15)26-7-9-30-10-8-26)24-17-11-21(19(29)25-16-3-4-16)5-1-2-6-27(21)14-17/h12-13,16-17H,1-11,14H2,(H,24,28)(H,25,29)/t17-,21+/m0/s1. The highest BCUT2D eigenvalue weighted by Crippen LogP contribution is 2.39. The van der Waals surface area contributed by atoms with Gasteiger partial charge < -0.3 is 20.3 Å². The maximum Gasteiger partial charge on any atom is 0.254 e. The highest BCUT2D eigenvalue weighted by molar-refractivity contribution is 5.94. The van der Waals surface area contributed by atoms with E-state index in [4.69, 9.17) is 4.74 Å². The molecule has 3 saturated heterocycles. The summed E-state index contributed by atoms with van der Waals surface area (Å²) in [6, 6.07) is 0.311. The second-order valence-corrected chi connectivity index (χ2v) is 8.93. The van der Waals surface area contributed by atoms with Crippen LogP contribution in [-0.2, 0) is 9.53 Å². The quantitative estimate of drug-likeness (QED) is 0.716. The summed E-state index contributed by atoms with van der Waals surface area (Å²) in [5.74, 6) is 0.606. The van der Waals surface area contributed by atoms with Gasteiger partial charge in [0.05, 0.1) is 18.8 Å². The van der Waals surface area contributed by atoms with Crippen LogP contribution in [0, 0.1) is 0 Å². The lowest BCUT2D eigenvalue weighted by molar-refractivity contribution is -0.134. The molecular weight excluding hydrogens is 384 g/mol. The monoisotopic (exact) mass is 414 g/mol. The first-order valence-corrected chi connectivity index (χ1v) is 11.2. The fourth-order valence-electron chi connectivity index (χ4n) is 4.96. The number of fused-ring (bicyclic) bond motifs is 1. The van der Waals surface area contributed by atoms with E-state index in [1.807, 2.05) is 0 Å². The molecule has 4 aliphatic rings. The van der Waals surface area contributed by atoms with E-state index < -0.39 is 5.54 Å². The molecule has 0 unspecified atom stereocenters. The molecule has 1 aromatic heterocycles. The number of rotatable bonds is 5. The number of anilines is 1. The predicted molar refractivity (Wildman–Crippen MR) is 110 cm³/mol. The Labute approximate surface area is 176 Å². The van der Waals surface area contributed by atoms with E-state index >= 15 is 0 Å². The number of aromatic nitrogens is 2. The molecule has 0 spiro atoms. The fraction of sp³-hybridized carbons (Fsp3) is 0.714. The van der Waals surface area contributed by atoms with Crippen molar-refractivity contribution in [1.29, 1.82) is 0 Å². The lowest BCUT2D eigenvalue weighted by atomic mass is 9.84. The van der Waals surface area contributed by atoms with E-state index in [9.17, 15) is 9.59 Å². The minimum Gasteiger partial charge on any atom is -0.378 e. The van der Waals surface area contributed by atoms with E-state index in [0.717, 1.165) is 58.3 Å². The van der Waals surface area contributed by atoms with Crippen LogP contribution in [0.1, 0.15) is 48.9 Å². The van der Waals surface area contributed by atoms with Gasteiger partial charge in [0.25, 0.3) is 5.91 Å². The van der Waals surface area contributed by atoms with E-state index in [1.165, 1.54) is 0 Å². The Morgan fingerprint density at radius 3 is 2.53 bits per heavy atom. The lowest BCUT2D eigenvalue weighted by Gasteiger charge is -2.40. The van der Waals surface area contributed by atoms with Crippen LogP contribution >= 0.6 is 0 Å². The van der Waals surface area contributed by atoms with Gasteiger partial charge in [-0.2, -0.15) is 0 Å². The Morgan fingerprint density at radius 2 is 1.80 bits per heavy atom. The van der Waals surface area contributed by atoms with E-state index in [1.54, 1.807) is 12.4 Å². The highest BCUT2D eigenvalue weighted by Gasteiger charge is 2.52. The number of nitrogens with one attached hydrogen (secondary N) is 2. The summed E-state index contributed by atoms with van der Waals surface area (Å²) in [4.78, 5) is 39.0. The molecule has 30 heavy (non-hydrogen) atoms. The largest absolute Gasteiger partial charge is 0.378 e. The molecule has 162 valence electrons. The van der Waals surface area contributed by atoms with Crippen LogP contribution in [0.25, 0.3) is 0 Å². The number of piperidine rings is 1. The Morgan fingerprint density at radius 1 is 1.03 bits per heavy atom. The van der Waals surface area contributed by atoms with Gasteiger partial charge in [0.15, 0.2) is 0 Å². The second-order valence-electron chi connectivity index (χ2n) is 8.93. The minimum absolute atomic E-state index is 0.0422. The first-order valence-electron chi connectivity index (χ1n) is 11.2. The van der Waals surface area contributed by atoms with Crippen molar-refractivity contribution in [1.82, 2.24) is 25.5 Å². The molecule has 0 bridgehead atoms. The average Bonchev–Trinajstić information content (AvgIpc) is 3.51. The average molecular weight is 415 g/mol. The summed E-state index contributed by atoms with van der Waals surface area (Å²) in [7, 11) is 0. The van der Waals surface area contributed by atoms with Crippen molar-refractivity contribution >= 4 is 17.8 Å². The van der Waals surface area contributed by atoms with Crippen LogP contribution in [0.3, 0.4) is 0 Å². The molecule has 2 N–H and O–H groups in total. The van der Waals surface area contributed by atoms with Crippen molar-refractivity contribution in [2.75, 3.05) is 44.3 Å². The molecule has 5 rings (SSSR count). The fourth-order valence-corrected chi connectivity index (χ4v) is 4.96. The topological polar surface area (TPSA) is 99.7 Å².